The first-order chi connectivity index (χ1) is 9.88. The Morgan fingerprint density at radius 3 is 2.52 bits per heavy atom. The van der Waals surface area contributed by atoms with Gasteiger partial charge in [-0.1, -0.05) is 12.1 Å². The van der Waals surface area contributed by atoms with Crippen molar-refractivity contribution in [2.24, 2.45) is 0 Å². The van der Waals surface area contributed by atoms with Gasteiger partial charge in [0.15, 0.2) is 5.75 Å². The lowest BCUT2D eigenvalue weighted by atomic mass is 10.1. The highest BCUT2D eigenvalue weighted by Crippen LogP contribution is 2.27. The van der Waals surface area contributed by atoms with E-state index in [2.05, 4.69) is 5.32 Å². The number of rotatable bonds is 3. The van der Waals surface area contributed by atoms with Gasteiger partial charge in [0.2, 0.25) is 0 Å². The topological polar surface area (TPSA) is 92.5 Å². The zero-order chi connectivity index (χ0) is 15.6. The maximum absolute atomic E-state index is 12.1. The molecular formula is C15H14N2O4. The number of benzene rings is 2. The number of nitrogens with one attached hydrogen (secondary N) is 1. The number of nitrogens with zero attached hydrogens (tertiary/aromatic N) is 1. The Bertz CT molecular complexity index is 726. The number of phenolic OH excluding ortho intramolecular Hbond substituents is 1. The summed E-state index contributed by atoms with van der Waals surface area (Å²) in [5.41, 5.74) is 2.29. The average molecular weight is 286 g/mol. The van der Waals surface area contributed by atoms with Gasteiger partial charge in [0.1, 0.15) is 0 Å². The molecule has 2 N–H and O–H groups in total. The number of amides is 1. The van der Waals surface area contributed by atoms with Crippen LogP contribution in [0.3, 0.4) is 0 Å². The van der Waals surface area contributed by atoms with Crippen molar-refractivity contribution in [3.8, 4) is 5.75 Å². The molecule has 0 saturated carbocycles. The Kier molecular flexibility index (Phi) is 3.89. The van der Waals surface area contributed by atoms with Crippen LogP contribution in [0.25, 0.3) is 0 Å². The second-order valence-corrected chi connectivity index (χ2v) is 4.73. The van der Waals surface area contributed by atoms with Crippen molar-refractivity contribution in [1.29, 1.82) is 0 Å². The van der Waals surface area contributed by atoms with Crippen molar-refractivity contribution >= 4 is 17.3 Å². The molecule has 1 amide bonds. The number of aryl methyl sites for hydroxylation is 2. The summed E-state index contributed by atoms with van der Waals surface area (Å²) in [5, 5.41) is 22.9. The highest BCUT2D eigenvalue weighted by molar-refractivity contribution is 6.05. The summed E-state index contributed by atoms with van der Waals surface area (Å²) >= 11 is 0. The Morgan fingerprint density at radius 1 is 1.19 bits per heavy atom. The fraction of sp³-hybridized carbons (Fsp3) is 0.133. The minimum absolute atomic E-state index is 0.152. The van der Waals surface area contributed by atoms with Gasteiger partial charge in [-0.05, 0) is 43.2 Å². The molecule has 0 bridgehead atoms. The summed E-state index contributed by atoms with van der Waals surface area (Å²) in [6.07, 6.45) is 0. The van der Waals surface area contributed by atoms with Crippen LogP contribution in [-0.2, 0) is 0 Å². The molecule has 2 aromatic carbocycles. The minimum Gasteiger partial charge on any atom is -0.502 e. The number of nitro benzene ring substituents is 1. The van der Waals surface area contributed by atoms with Crippen molar-refractivity contribution in [1.82, 2.24) is 0 Å². The largest absolute Gasteiger partial charge is 0.502 e. The molecular weight excluding hydrogens is 272 g/mol. The number of hydrogen-bond acceptors (Lipinski definition) is 4. The first kappa shape index (κ1) is 14.5. The maximum atomic E-state index is 12.1. The first-order valence-electron chi connectivity index (χ1n) is 6.24. The van der Waals surface area contributed by atoms with Crippen LogP contribution in [0.5, 0.6) is 5.75 Å². The third kappa shape index (κ3) is 3.17. The molecule has 6 nitrogen and oxygen atoms in total. The number of phenols is 1. The van der Waals surface area contributed by atoms with Crippen LogP contribution in [-0.4, -0.2) is 15.9 Å². The molecule has 21 heavy (non-hydrogen) atoms. The summed E-state index contributed by atoms with van der Waals surface area (Å²) in [4.78, 5) is 22.0. The SMILES string of the molecule is Cc1ccc(C)c(NC(=O)c2ccc([N+](=O)[O-])c(O)c2)c1. The van der Waals surface area contributed by atoms with Gasteiger partial charge in [-0.3, -0.25) is 14.9 Å². The number of nitro groups is 1. The Morgan fingerprint density at radius 2 is 1.90 bits per heavy atom. The Hall–Kier alpha value is -2.89. The third-order valence-electron chi connectivity index (χ3n) is 3.08. The van der Waals surface area contributed by atoms with Crippen LogP contribution in [0.2, 0.25) is 0 Å². The highest BCUT2D eigenvalue weighted by atomic mass is 16.6. The van der Waals surface area contributed by atoms with Crippen LogP contribution in [0, 0.1) is 24.0 Å². The number of hydrogen-bond donors (Lipinski definition) is 2. The summed E-state index contributed by atoms with van der Waals surface area (Å²) in [5.74, 6) is -0.970. The van der Waals surface area contributed by atoms with E-state index in [9.17, 15) is 20.0 Å². The lowest BCUT2D eigenvalue weighted by molar-refractivity contribution is -0.385. The lowest BCUT2D eigenvalue weighted by Gasteiger charge is -2.09. The molecule has 2 aromatic rings. The minimum atomic E-state index is -0.707. The maximum Gasteiger partial charge on any atom is 0.310 e. The Labute approximate surface area is 121 Å². The summed E-state index contributed by atoms with van der Waals surface area (Å²) < 4.78 is 0. The van der Waals surface area contributed by atoms with Gasteiger partial charge in [0.25, 0.3) is 5.91 Å². The van der Waals surface area contributed by atoms with Crippen LogP contribution in [0.1, 0.15) is 21.5 Å². The van der Waals surface area contributed by atoms with E-state index in [1.165, 1.54) is 6.07 Å². The van der Waals surface area contributed by atoms with Crippen molar-refractivity contribution in [3.05, 3.63) is 63.2 Å². The highest BCUT2D eigenvalue weighted by Gasteiger charge is 2.16. The van der Waals surface area contributed by atoms with Gasteiger partial charge in [-0.2, -0.15) is 0 Å². The van der Waals surface area contributed by atoms with Gasteiger partial charge in [-0.25, -0.2) is 0 Å². The summed E-state index contributed by atoms with van der Waals surface area (Å²) in [6.45, 7) is 3.77. The number of carbonyl (C=O) groups excluding carboxylic acids is 1. The number of anilines is 1. The van der Waals surface area contributed by atoms with Crippen molar-refractivity contribution < 1.29 is 14.8 Å². The zero-order valence-electron chi connectivity index (χ0n) is 11.6. The molecule has 0 radical (unpaired) electrons. The van der Waals surface area contributed by atoms with Crippen LogP contribution < -0.4 is 5.32 Å². The van der Waals surface area contributed by atoms with Crippen molar-refractivity contribution in [2.45, 2.75) is 13.8 Å². The third-order valence-corrected chi connectivity index (χ3v) is 3.08. The van der Waals surface area contributed by atoms with E-state index >= 15 is 0 Å². The molecule has 0 aliphatic carbocycles. The fourth-order valence-corrected chi connectivity index (χ4v) is 1.88. The van der Waals surface area contributed by atoms with Gasteiger partial charge < -0.3 is 10.4 Å². The van der Waals surface area contributed by atoms with E-state index in [1.54, 1.807) is 0 Å². The second-order valence-electron chi connectivity index (χ2n) is 4.73. The van der Waals surface area contributed by atoms with Crippen molar-refractivity contribution in [2.75, 3.05) is 5.32 Å². The lowest BCUT2D eigenvalue weighted by Crippen LogP contribution is -2.13. The molecule has 108 valence electrons. The smallest absolute Gasteiger partial charge is 0.310 e. The average Bonchev–Trinajstić information content (AvgIpc) is 2.42. The molecule has 6 heteroatoms. The molecule has 0 aliphatic heterocycles. The van der Waals surface area contributed by atoms with E-state index in [-0.39, 0.29) is 5.56 Å². The molecule has 0 spiro atoms. The number of carbonyl (C=O) groups is 1. The van der Waals surface area contributed by atoms with Gasteiger partial charge >= 0.3 is 5.69 Å². The number of aromatic hydroxyl groups is 1. The molecule has 0 atom stereocenters. The second kappa shape index (κ2) is 5.62. The molecule has 0 unspecified atom stereocenters. The molecule has 2 rings (SSSR count). The zero-order valence-corrected chi connectivity index (χ0v) is 11.6. The van der Waals surface area contributed by atoms with Crippen LogP contribution in [0.4, 0.5) is 11.4 Å². The molecule has 0 heterocycles. The fourth-order valence-electron chi connectivity index (χ4n) is 1.88. The molecule has 0 saturated heterocycles. The van der Waals surface area contributed by atoms with Gasteiger partial charge in [0, 0.05) is 17.3 Å². The first-order valence-corrected chi connectivity index (χ1v) is 6.24. The van der Waals surface area contributed by atoms with Crippen LogP contribution in [0.15, 0.2) is 36.4 Å². The standard InChI is InChI=1S/C15H14N2O4/c1-9-3-4-10(2)12(7-9)16-15(19)11-5-6-13(17(20)21)14(18)8-11/h3-8,18H,1-2H3,(H,16,19). The van der Waals surface area contributed by atoms with E-state index in [4.69, 9.17) is 0 Å². The van der Waals surface area contributed by atoms with Gasteiger partial charge in [-0.15, -0.1) is 0 Å². The van der Waals surface area contributed by atoms with Crippen molar-refractivity contribution in [3.63, 3.8) is 0 Å². The van der Waals surface area contributed by atoms with E-state index in [0.717, 1.165) is 23.3 Å². The van der Waals surface area contributed by atoms with Gasteiger partial charge in [0.05, 0.1) is 4.92 Å². The monoisotopic (exact) mass is 286 g/mol. The van der Waals surface area contributed by atoms with E-state index in [1.807, 2.05) is 32.0 Å². The van der Waals surface area contributed by atoms with Crippen LogP contribution >= 0.6 is 0 Å². The van der Waals surface area contributed by atoms with E-state index in [0.29, 0.717) is 5.69 Å². The van der Waals surface area contributed by atoms with E-state index < -0.39 is 22.3 Å². The summed E-state index contributed by atoms with van der Waals surface area (Å²) in [6, 6.07) is 9.14. The predicted molar refractivity (Wildman–Crippen MR) is 78.6 cm³/mol. The predicted octanol–water partition coefficient (Wildman–Crippen LogP) is 3.17. The molecule has 0 aromatic heterocycles. The molecule has 0 fully saturated rings. The Balaban J connectivity index is 2.26. The normalized spacial score (nSPS) is 10.2. The quantitative estimate of drug-likeness (QED) is 0.669. The molecule has 0 aliphatic rings. The summed E-state index contributed by atoms with van der Waals surface area (Å²) in [7, 11) is 0.